The maximum atomic E-state index is 11.1. The van der Waals surface area contributed by atoms with Gasteiger partial charge in [0.1, 0.15) is 5.69 Å². The molecule has 6 nitrogen and oxygen atoms in total. The van der Waals surface area contributed by atoms with Gasteiger partial charge in [-0.25, -0.2) is 0 Å². The number of hydrogen-bond acceptors (Lipinski definition) is 5. The van der Waals surface area contributed by atoms with Crippen LogP contribution in [0.4, 0.5) is 11.4 Å². The van der Waals surface area contributed by atoms with Crippen molar-refractivity contribution in [2.45, 2.75) is 58.7 Å². The molecular formula is C18H28N2O4. The topological polar surface area (TPSA) is 95.6 Å². The fourth-order valence-corrected chi connectivity index (χ4v) is 3.44. The van der Waals surface area contributed by atoms with Gasteiger partial charge in [0, 0.05) is 12.6 Å². The number of rotatable bonds is 5. The van der Waals surface area contributed by atoms with Crippen molar-refractivity contribution in [1.29, 1.82) is 0 Å². The Balaban J connectivity index is 2.04. The molecule has 134 valence electrons. The van der Waals surface area contributed by atoms with E-state index in [9.17, 15) is 20.3 Å². The number of hydrogen-bond donors (Lipinski definition) is 3. The molecule has 6 heteroatoms. The smallest absolute Gasteiger partial charge is 0.292 e. The molecule has 1 aromatic carbocycles. The van der Waals surface area contributed by atoms with E-state index in [-0.39, 0.29) is 24.3 Å². The van der Waals surface area contributed by atoms with Crippen molar-refractivity contribution >= 4 is 11.4 Å². The van der Waals surface area contributed by atoms with Gasteiger partial charge in [-0.3, -0.25) is 10.1 Å². The maximum absolute atomic E-state index is 11.1. The molecule has 1 aromatic rings. The summed E-state index contributed by atoms with van der Waals surface area (Å²) in [7, 11) is 0. The van der Waals surface area contributed by atoms with E-state index in [1.807, 2.05) is 0 Å². The van der Waals surface area contributed by atoms with Gasteiger partial charge in [0.25, 0.3) is 5.69 Å². The zero-order valence-corrected chi connectivity index (χ0v) is 14.7. The maximum Gasteiger partial charge on any atom is 0.292 e. The third kappa shape index (κ3) is 4.45. The molecular weight excluding hydrogens is 308 g/mol. The Morgan fingerprint density at radius 1 is 1.33 bits per heavy atom. The lowest BCUT2D eigenvalue weighted by Gasteiger charge is -2.41. The Morgan fingerprint density at radius 2 is 1.96 bits per heavy atom. The van der Waals surface area contributed by atoms with Crippen LogP contribution in [0.3, 0.4) is 0 Å². The number of aliphatic hydroxyl groups excluding tert-OH is 1. The van der Waals surface area contributed by atoms with Gasteiger partial charge in [0.15, 0.2) is 0 Å². The first kappa shape index (κ1) is 18.7. The minimum Gasteiger partial charge on any atom is -0.392 e. The van der Waals surface area contributed by atoms with Gasteiger partial charge in [-0.15, -0.1) is 0 Å². The van der Waals surface area contributed by atoms with Crippen LogP contribution < -0.4 is 5.32 Å². The van der Waals surface area contributed by atoms with Crippen LogP contribution in [0.15, 0.2) is 18.2 Å². The van der Waals surface area contributed by atoms with E-state index in [1.165, 1.54) is 12.1 Å². The lowest BCUT2D eigenvalue weighted by Crippen LogP contribution is -2.42. The number of aliphatic hydroxyl groups is 2. The van der Waals surface area contributed by atoms with Crippen molar-refractivity contribution in [2.24, 2.45) is 11.3 Å². The normalized spacial score (nSPS) is 24.6. The third-order valence-electron chi connectivity index (χ3n) is 5.19. The van der Waals surface area contributed by atoms with Crippen LogP contribution in [-0.2, 0) is 6.61 Å². The molecule has 0 bridgehead atoms. The van der Waals surface area contributed by atoms with Gasteiger partial charge in [0.05, 0.1) is 17.1 Å². The highest BCUT2D eigenvalue weighted by atomic mass is 16.6. The summed E-state index contributed by atoms with van der Waals surface area (Å²) in [6.07, 6.45) is 3.30. The molecule has 0 unspecified atom stereocenters. The zero-order chi connectivity index (χ0) is 18.0. The average Bonchev–Trinajstić information content (AvgIpc) is 2.52. The third-order valence-corrected chi connectivity index (χ3v) is 5.19. The summed E-state index contributed by atoms with van der Waals surface area (Å²) >= 11 is 0. The predicted octanol–water partition coefficient (Wildman–Crippen LogP) is 3.47. The predicted molar refractivity (Wildman–Crippen MR) is 93.9 cm³/mol. The van der Waals surface area contributed by atoms with Crippen molar-refractivity contribution in [3.05, 3.63) is 33.9 Å². The first-order valence-electron chi connectivity index (χ1n) is 8.49. The molecule has 0 saturated heterocycles. The number of nitrogens with zero attached hydrogens (tertiary/aromatic N) is 1. The van der Waals surface area contributed by atoms with Crippen LogP contribution in [0, 0.1) is 21.4 Å². The van der Waals surface area contributed by atoms with E-state index >= 15 is 0 Å². The fraction of sp³-hybridized carbons (Fsp3) is 0.667. The molecule has 1 saturated carbocycles. The summed E-state index contributed by atoms with van der Waals surface area (Å²) < 4.78 is 0. The number of nitrogens with one attached hydrogen (secondary N) is 1. The van der Waals surface area contributed by atoms with E-state index in [4.69, 9.17) is 0 Å². The second kappa shape index (κ2) is 7.07. The fourth-order valence-electron chi connectivity index (χ4n) is 3.44. The first-order valence-corrected chi connectivity index (χ1v) is 8.49. The van der Waals surface area contributed by atoms with Gasteiger partial charge in [0.2, 0.25) is 0 Å². The van der Waals surface area contributed by atoms with E-state index in [0.29, 0.717) is 30.0 Å². The molecule has 1 aliphatic carbocycles. The molecule has 0 amide bonds. The summed E-state index contributed by atoms with van der Waals surface area (Å²) in [5.41, 5.74) is 0.303. The largest absolute Gasteiger partial charge is 0.392 e. The van der Waals surface area contributed by atoms with E-state index in [2.05, 4.69) is 26.1 Å². The van der Waals surface area contributed by atoms with Crippen molar-refractivity contribution in [1.82, 2.24) is 0 Å². The number of benzene rings is 1. The number of anilines is 1. The molecule has 0 atom stereocenters. The lowest BCUT2D eigenvalue weighted by molar-refractivity contribution is -0.384. The summed E-state index contributed by atoms with van der Waals surface area (Å²) in [6.45, 7) is 6.78. The molecule has 0 heterocycles. The van der Waals surface area contributed by atoms with Crippen LogP contribution in [-0.4, -0.2) is 27.3 Å². The summed E-state index contributed by atoms with van der Waals surface area (Å²) in [4.78, 5) is 10.7. The van der Waals surface area contributed by atoms with Gasteiger partial charge in [-0.05, 0) is 54.7 Å². The lowest BCUT2D eigenvalue weighted by atomic mass is 9.68. The Morgan fingerprint density at radius 3 is 2.46 bits per heavy atom. The second-order valence-corrected chi connectivity index (χ2v) is 7.98. The van der Waals surface area contributed by atoms with Crippen molar-refractivity contribution in [3.63, 3.8) is 0 Å². The van der Waals surface area contributed by atoms with Crippen molar-refractivity contribution in [2.75, 3.05) is 11.9 Å². The molecule has 0 spiro atoms. The molecule has 2 rings (SSSR count). The first-order chi connectivity index (χ1) is 11.1. The quantitative estimate of drug-likeness (QED) is 0.565. The summed E-state index contributed by atoms with van der Waals surface area (Å²) in [5, 5.41) is 34.2. The molecule has 0 aliphatic heterocycles. The monoisotopic (exact) mass is 336 g/mol. The standard InChI is InChI=1S/C18H28N2O4/c1-17(2,3)14-6-8-18(22,9-7-14)12-19-15-10-13(11-21)4-5-16(15)20(23)24/h4-5,10,14,19,21-22H,6-9,11-12H2,1-3H3. The minimum absolute atomic E-state index is 0.0424. The number of nitro benzene ring substituents is 1. The average molecular weight is 336 g/mol. The second-order valence-electron chi connectivity index (χ2n) is 7.98. The van der Waals surface area contributed by atoms with Gasteiger partial charge in [-0.2, -0.15) is 0 Å². The highest BCUT2D eigenvalue weighted by Gasteiger charge is 2.37. The van der Waals surface area contributed by atoms with Gasteiger partial charge >= 0.3 is 0 Å². The van der Waals surface area contributed by atoms with Crippen LogP contribution in [0.2, 0.25) is 0 Å². The van der Waals surface area contributed by atoms with Crippen molar-refractivity contribution < 1.29 is 15.1 Å². The molecule has 3 N–H and O–H groups in total. The Hall–Kier alpha value is -1.66. The minimum atomic E-state index is -0.842. The van der Waals surface area contributed by atoms with E-state index in [0.717, 1.165) is 12.8 Å². The SMILES string of the molecule is CC(C)(C)C1CCC(O)(CNc2cc(CO)ccc2[N+](=O)[O-])CC1. The van der Waals surface area contributed by atoms with E-state index < -0.39 is 10.5 Å². The molecule has 24 heavy (non-hydrogen) atoms. The Kier molecular flexibility index (Phi) is 5.50. The van der Waals surface area contributed by atoms with Crippen LogP contribution in [0.5, 0.6) is 0 Å². The zero-order valence-electron chi connectivity index (χ0n) is 14.7. The van der Waals surface area contributed by atoms with Crippen LogP contribution in [0.25, 0.3) is 0 Å². The molecule has 0 aromatic heterocycles. The Labute approximate surface area is 143 Å². The van der Waals surface area contributed by atoms with Gasteiger partial charge < -0.3 is 15.5 Å². The van der Waals surface area contributed by atoms with Gasteiger partial charge in [-0.1, -0.05) is 20.8 Å². The highest BCUT2D eigenvalue weighted by molar-refractivity contribution is 5.62. The summed E-state index contributed by atoms with van der Waals surface area (Å²) in [5.74, 6) is 0.588. The molecule has 1 fully saturated rings. The van der Waals surface area contributed by atoms with Crippen LogP contribution in [0.1, 0.15) is 52.0 Å². The van der Waals surface area contributed by atoms with Crippen molar-refractivity contribution in [3.8, 4) is 0 Å². The number of nitro groups is 1. The summed E-state index contributed by atoms with van der Waals surface area (Å²) in [6, 6.07) is 4.49. The molecule has 1 aliphatic rings. The highest BCUT2D eigenvalue weighted by Crippen LogP contribution is 2.41. The van der Waals surface area contributed by atoms with E-state index in [1.54, 1.807) is 6.07 Å². The van der Waals surface area contributed by atoms with Crippen LogP contribution >= 0.6 is 0 Å². The molecule has 0 radical (unpaired) electrons. The Bertz CT molecular complexity index is 587.